The van der Waals surface area contributed by atoms with Crippen LogP contribution in [0.4, 0.5) is 5.69 Å². The van der Waals surface area contributed by atoms with Crippen molar-refractivity contribution in [3.05, 3.63) is 60.2 Å². The highest BCUT2D eigenvalue weighted by Crippen LogP contribution is 2.15. The molecule has 2 aromatic carbocycles. The Balaban J connectivity index is 1.78. The summed E-state index contributed by atoms with van der Waals surface area (Å²) in [5.74, 6) is 0.391. The van der Waals surface area contributed by atoms with E-state index in [1.807, 2.05) is 19.1 Å². The Hall–Kier alpha value is -3.28. The Morgan fingerprint density at radius 1 is 1.08 bits per heavy atom. The number of carbonyl (C=O) groups is 2. The van der Waals surface area contributed by atoms with E-state index in [2.05, 4.69) is 5.32 Å². The lowest BCUT2D eigenvalue weighted by molar-refractivity contribution is -0.142. The molecule has 0 saturated heterocycles. The fraction of sp³-hybridized carbons (Fsp3) is 0.200. The van der Waals surface area contributed by atoms with E-state index < -0.39 is 11.9 Å². The first kappa shape index (κ1) is 19.1. The summed E-state index contributed by atoms with van der Waals surface area (Å²) in [7, 11) is 1.57. The van der Waals surface area contributed by atoms with Gasteiger partial charge in [-0.25, -0.2) is 4.79 Å². The minimum Gasteiger partial charge on any atom is -0.497 e. The summed E-state index contributed by atoms with van der Waals surface area (Å²) in [6, 6.07) is 14.2. The SMILES string of the molecule is CCOc1ccc(NC(=O)COC(=O)/C=C/c2cccc(OC)c2)cc1. The summed E-state index contributed by atoms with van der Waals surface area (Å²) in [6.07, 6.45) is 2.86. The molecule has 0 bridgehead atoms. The molecule has 0 heterocycles. The normalized spacial score (nSPS) is 10.4. The van der Waals surface area contributed by atoms with Crippen LogP contribution in [0.15, 0.2) is 54.6 Å². The molecule has 26 heavy (non-hydrogen) atoms. The lowest BCUT2D eigenvalue weighted by Gasteiger charge is -2.07. The Morgan fingerprint density at radius 2 is 1.85 bits per heavy atom. The first-order chi connectivity index (χ1) is 12.6. The second-order valence-electron chi connectivity index (χ2n) is 5.22. The van der Waals surface area contributed by atoms with Crippen LogP contribution in [0.5, 0.6) is 11.5 Å². The molecule has 0 aliphatic carbocycles. The van der Waals surface area contributed by atoms with Crippen molar-refractivity contribution in [2.75, 3.05) is 25.6 Å². The zero-order valence-corrected chi connectivity index (χ0v) is 14.7. The van der Waals surface area contributed by atoms with Crippen molar-refractivity contribution in [2.24, 2.45) is 0 Å². The smallest absolute Gasteiger partial charge is 0.331 e. The molecule has 1 N–H and O–H groups in total. The Morgan fingerprint density at radius 3 is 2.54 bits per heavy atom. The molecule has 0 atom stereocenters. The van der Waals surface area contributed by atoms with Gasteiger partial charge in [0.2, 0.25) is 0 Å². The van der Waals surface area contributed by atoms with Crippen LogP contribution in [0, 0.1) is 0 Å². The first-order valence-electron chi connectivity index (χ1n) is 8.12. The van der Waals surface area contributed by atoms with Gasteiger partial charge in [0.15, 0.2) is 6.61 Å². The molecule has 0 aromatic heterocycles. The lowest BCUT2D eigenvalue weighted by Crippen LogP contribution is -2.20. The van der Waals surface area contributed by atoms with Gasteiger partial charge in [0.1, 0.15) is 11.5 Å². The second-order valence-corrected chi connectivity index (χ2v) is 5.22. The monoisotopic (exact) mass is 355 g/mol. The molecule has 0 spiro atoms. The van der Waals surface area contributed by atoms with E-state index in [0.717, 1.165) is 11.3 Å². The third-order valence-electron chi connectivity index (χ3n) is 3.30. The van der Waals surface area contributed by atoms with Crippen LogP contribution in [0.1, 0.15) is 12.5 Å². The van der Waals surface area contributed by atoms with Crippen LogP contribution < -0.4 is 14.8 Å². The first-order valence-corrected chi connectivity index (χ1v) is 8.12. The van der Waals surface area contributed by atoms with Gasteiger partial charge in [-0.15, -0.1) is 0 Å². The van der Waals surface area contributed by atoms with E-state index >= 15 is 0 Å². The van der Waals surface area contributed by atoms with E-state index in [1.54, 1.807) is 49.6 Å². The largest absolute Gasteiger partial charge is 0.497 e. The zero-order chi connectivity index (χ0) is 18.8. The van der Waals surface area contributed by atoms with Gasteiger partial charge in [0, 0.05) is 11.8 Å². The second kappa shape index (κ2) is 9.88. The van der Waals surface area contributed by atoms with Gasteiger partial charge in [0.05, 0.1) is 13.7 Å². The molecule has 0 radical (unpaired) electrons. The van der Waals surface area contributed by atoms with Crippen LogP contribution in [-0.2, 0) is 14.3 Å². The van der Waals surface area contributed by atoms with Gasteiger partial charge in [0.25, 0.3) is 5.91 Å². The van der Waals surface area contributed by atoms with Crippen molar-refractivity contribution in [3.8, 4) is 11.5 Å². The highest BCUT2D eigenvalue weighted by atomic mass is 16.5. The summed E-state index contributed by atoms with van der Waals surface area (Å²) in [5.41, 5.74) is 1.39. The van der Waals surface area contributed by atoms with Crippen molar-refractivity contribution >= 4 is 23.6 Å². The molecule has 0 aliphatic rings. The van der Waals surface area contributed by atoms with E-state index in [-0.39, 0.29) is 6.61 Å². The summed E-state index contributed by atoms with van der Waals surface area (Å²) < 4.78 is 15.4. The average molecular weight is 355 g/mol. The number of anilines is 1. The molecule has 1 amide bonds. The number of ether oxygens (including phenoxy) is 3. The van der Waals surface area contributed by atoms with Crippen molar-refractivity contribution in [1.29, 1.82) is 0 Å². The van der Waals surface area contributed by atoms with Crippen molar-refractivity contribution in [1.82, 2.24) is 0 Å². The van der Waals surface area contributed by atoms with Gasteiger partial charge < -0.3 is 19.5 Å². The average Bonchev–Trinajstić information content (AvgIpc) is 2.66. The zero-order valence-electron chi connectivity index (χ0n) is 14.7. The predicted molar refractivity (Wildman–Crippen MR) is 99.2 cm³/mol. The maximum absolute atomic E-state index is 11.8. The third-order valence-corrected chi connectivity index (χ3v) is 3.30. The highest BCUT2D eigenvalue weighted by molar-refractivity contribution is 5.94. The number of nitrogens with one attached hydrogen (secondary N) is 1. The number of amides is 1. The topological polar surface area (TPSA) is 73.9 Å². The van der Waals surface area contributed by atoms with E-state index in [9.17, 15) is 9.59 Å². The van der Waals surface area contributed by atoms with Gasteiger partial charge in [-0.1, -0.05) is 12.1 Å². The van der Waals surface area contributed by atoms with E-state index in [1.165, 1.54) is 6.08 Å². The number of rotatable bonds is 8. The molecule has 0 unspecified atom stereocenters. The molecular formula is C20H21NO5. The number of methoxy groups -OCH3 is 1. The Labute approximate surface area is 152 Å². The quantitative estimate of drug-likeness (QED) is 0.581. The van der Waals surface area contributed by atoms with Gasteiger partial charge in [-0.2, -0.15) is 0 Å². The maximum Gasteiger partial charge on any atom is 0.331 e. The van der Waals surface area contributed by atoms with Crippen LogP contribution in [-0.4, -0.2) is 32.2 Å². The maximum atomic E-state index is 11.8. The number of esters is 1. The van der Waals surface area contributed by atoms with Crippen LogP contribution in [0.3, 0.4) is 0 Å². The van der Waals surface area contributed by atoms with Crippen molar-refractivity contribution in [3.63, 3.8) is 0 Å². The molecular weight excluding hydrogens is 334 g/mol. The number of hydrogen-bond donors (Lipinski definition) is 1. The summed E-state index contributed by atoms with van der Waals surface area (Å²) >= 11 is 0. The third kappa shape index (κ3) is 6.32. The van der Waals surface area contributed by atoms with Crippen LogP contribution in [0.2, 0.25) is 0 Å². The number of benzene rings is 2. The molecule has 6 heteroatoms. The fourth-order valence-corrected chi connectivity index (χ4v) is 2.09. The standard InChI is InChI=1S/C20H21NO5/c1-3-25-17-10-8-16(9-11-17)21-19(22)14-26-20(23)12-7-15-5-4-6-18(13-15)24-2/h4-13H,3,14H2,1-2H3,(H,21,22)/b12-7+. The van der Waals surface area contributed by atoms with Gasteiger partial charge in [-0.3, -0.25) is 4.79 Å². The van der Waals surface area contributed by atoms with Crippen molar-refractivity contribution < 1.29 is 23.8 Å². The van der Waals surface area contributed by atoms with Gasteiger partial charge >= 0.3 is 5.97 Å². The lowest BCUT2D eigenvalue weighted by atomic mass is 10.2. The van der Waals surface area contributed by atoms with Gasteiger partial charge in [-0.05, 0) is 55.0 Å². The van der Waals surface area contributed by atoms with Crippen LogP contribution >= 0.6 is 0 Å². The van der Waals surface area contributed by atoms with E-state index in [4.69, 9.17) is 14.2 Å². The summed E-state index contributed by atoms with van der Waals surface area (Å²) in [4.78, 5) is 23.5. The van der Waals surface area contributed by atoms with E-state index in [0.29, 0.717) is 18.0 Å². The number of carbonyl (C=O) groups excluding carboxylic acids is 2. The molecule has 6 nitrogen and oxygen atoms in total. The minimum absolute atomic E-state index is 0.367. The van der Waals surface area contributed by atoms with Crippen LogP contribution in [0.25, 0.3) is 6.08 Å². The summed E-state index contributed by atoms with van der Waals surface area (Å²) in [6.45, 7) is 2.10. The Bertz CT molecular complexity index is 768. The number of hydrogen-bond acceptors (Lipinski definition) is 5. The molecule has 0 saturated carbocycles. The molecule has 0 fully saturated rings. The Kier molecular flexibility index (Phi) is 7.24. The molecule has 136 valence electrons. The minimum atomic E-state index is -0.602. The predicted octanol–water partition coefficient (Wildman–Crippen LogP) is 3.29. The fourth-order valence-electron chi connectivity index (χ4n) is 2.09. The summed E-state index contributed by atoms with van der Waals surface area (Å²) in [5, 5.41) is 2.64. The van der Waals surface area contributed by atoms with Crippen molar-refractivity contribution in [2.45, 2.75) is 6.92 Å². The highest BCUT2D eigenvalue weighted by Gasteiger charge is 2.06. The molecule has 0 aliphatic heterocycles. The molecule has 2 rings (SSSR count). The molecule has 2 aromatic rings.